The average Bonchev–Trinajstić information content (AvgIpc) is 3.44. The number of hydrogen-bond donors (Lipinski definition) is 0. The minimum absolute atomic E-state index is 0.0630. The fourth-order valence-corrected chi connectivity index (χ4v) is 6.42. The first-order valence-electron chi connectivity index (χ1n) is 12.0. The molecule has 7 nitrogen and oxygen atoms in total. The molecule has 2 aromatic rings. The number of ether oxygens (including phenoxy) is 3. The van der Waals surface area contributed by atoms with Crippen LogP contribution in [0.1, 0.15) is 42.5 Å². The van der Waals surface area contributed by atoms with Crippen LogP contribution >= 0.6 is 0 Å². The Bertz CT molecular complexity index is 1110. The number of fused-ring (bicyclic) bond motifs is 1. The molecule has 0 radical (unpaired) electrons. The lowest BCUT2D eigenvalue weighted by atomic mass is 9.69. The number of hydrogen-bond acceptors (Lipinski definition) is 6. The summed E-state index contributed by atoms with van der Waals surface area (Å²) >= 11 is 0. The van der Waals surface area contributed by atoms with E-state index in [1.807, 2.05) is 60.7 Å². The molecule has 1 saturated carbocycles. The van der Waals surface area contributed by atoms with Crippen LogP contribution in [0.25, 0.3) is 0 Å². The fraction of sp³-hybridized carbons (Fsp3) is 0.393. The standard InChI is InChI=1S/C28H29NO6/c1-33-25(30)28(26(31)34-2)21-16-10-9-15-20(21)17-22(28)29-23(18-11-5-3-6-12-18)24(35-27(29)32)19-13-7-4-8-14-19/h3-9,11-15,20-24H,10,16-17H2,1-2H3/t20?,21?,22?,23-,24+/m0/s1. The minimum atomic E-state index is -1.64. The molecule has 182 valence electrons. The molecule has 2 aromatic carbocycles. The van der Waals surface area contributed by atoms with Crippen molar-refractivity contribution in [3.8, 4) is 0 Å². The van der Waals surface area contributed by atoms with Crippen LogP contribution in [0.2, 0.25) is 0 Å². The van der Waals surface area contributed by atoms with Gasteiger partial charge in [-0.15, -0.1) is 0 Å². The second kappa shape index (κ2) is 9.21. The van der Waals surface area contributed by atoms with Gasteiger partial charge in [-0.05, 0) is 42.2 Å². The maximum Gasteiger partial charge on any atom is 0.411 e. The summed E-state index contributed by atoms with van der Waals surface area (Å²) in [5.74, 6) is -1.73. The first-order valence-corrected chi connectivity index (χ1v) is 12.0. The van der Waals surface area contributed by atoms with Crippen LogP contribution < -0.4 is 0 Å². The third-order valence-corrected chi connectivity index (χ3v) is 7.83. The Labute approximate surface area is 204 Å². The zero-order valence-electron chi connectivity index (χ0n) is 19.8. The molecule has 1 saturated heterocycles. The van der Waals surface area contributed by atoms with E-state index >= 15 is 0 Å². The molecule has 2 fully saturated rings. The molecule has 5 rings (SSSR count). The predicted octanol–water partition coefficient (Wildman–Crippen LogP) is 4.61. The summed E-state index contributed by atoms with van der Waals surface area (Å²) in [6, 6.07) is 17.8. The van der Waals surface area contributed by atoms with Crippen molar-refractivity contribution in [2.45, 2.75) is 37.5 Å². The highest BCUT2D eigenvalue weighted by molar-refractivity contribution is 6.02. The number of carbonyl (C=O) groups excluding carboxylic acids is 3. The SMILES string of the molecule is COC(=O)C1(C(=O)OC)C2CCC=CC2CC1N1C(=O)O[C@H](c2ccccc2)[C@@H]1c1ccccc1. The summed E-state index contributed by atoms with van der Waals surface area (Å²) in [5, 5.41) is 0. The van der Waals surface area contributed by atoms with E-state index in [0.29, 0.717) is 12.8 Å². The molecular weight excluding hydrogens is 446 g/mol. The summed E-state index contributed by atoms with van der Waals surface area (Å²) in [4.78, 5) is 42.3. The molecule has 35 heavy (non-hydrogen) atoms. The zero-order valence-corrected chi connectivity index (χ0v) is 19.8. The Balaban J connectivity index is 1.69. The van der Waals surface area contributed by atoms with Crippen molar-refractivity contribution < 1.29 is 28.6 Å². The van der Waals surface area contributed by atoms with Crippen LogP contribution in [0, 0.1) is 17.3 Å². The van der Waals surface area contributed by atoms with Gasteiger partial charge in [-0.1, -0.05) is 72.8 Å². The van der Waals surface area contributed by atoms with Crippen LogP contribution in [-0.4, -0.2) is 43.2 Å². The number of carbonyl (C=O) groups is 3. The van der Waals surface area contributed by atoms with E-state index in [-0.39, 0.29) is 11.8 Å². The maximum atomic E-state index is 13.6. The van der Waals surface area contributed by atoms with Crippen LogP contribution in [-0.2, 0) is 23.8 Å². The second-order valence-electron chi connectivity index (χ2n) is 9.36. The van der Waals surface area contributed by atoms with Crippen molar-refractivity contribution in [1.82, 2.24) is 4.90 Å². The third-order valence-electron chi connectivity index (χ3n) is 7.83. The Morgan fingerprint density at radius 3 is 2.14 bits per heavy atom. The van der Waals surface area contributed by atoms with Crippen molar-refractivity contribution in [2.24, 2.45) is 17.3 Å². The summed E-state index contributed by atoms with van der Waals surface area (Å²) in [6.07, 6.45) is 4.78. The number of cyclic esters (lactones) is 1. The van der Waals surface area contributed by atoms with Gasteiger partial charge in [-0.3, -0.25) is 14.5 Å². The second-order valence-corrected chi connectivity index (χ2v) is 9.36. The molecule has 1 amide bonds. The monoisotopic (exact) mass is 475 g/mol. The molecule has 7 heteroatoms. The van der Waals surface area contributed by atoms with Crippen LogP contribution in [0.3, 0.4) is 0 Å². The Kier molecular flexibility index (Phi) is 6.09. The van der Waals surface area contributed by atoms with Crippen LogP contribution in [0.15, 0.2) is 72.8 Å². The molecule has 3 unspecified atom stereocenters. The van der Waals surface area contributed by atoms with E-state index in [0.717, 1.165) is 17.5 Å². The fourth-order valence-electron chi connectivity index (χ4n) is 6.42. The van der Waals surface area contributed by atoms with Gasteiger partial charge in [-0.25, -0.2) is 4.79 Å². The largest absolute Gasteiger partial charge is 0.468 e. The van der Waals surface area contributed by atoms with E-state index in [2.05, 4.69) is 12.2 Å². The normalized spacial score (nSPS) is 28.8. The van der Waals surface area contributed by atoms with Crippen molar-refractivity contribution in [3.05, 3.63) is 83.9 Å². The number of nitrogens with zero attached hydrogens (tertiary/aromatic N) is 1. The molecule has 3 aliphatic rings. The summed E-state index contributed by atoms with van der Waals surface area (Å²) < 4.78 is 16.5. The number of rotatable bonds is 5. The maximum absolute atomic E-state index is 13.6. The Morgan fingerprint density at radius 1 is 0.943 bits per heavy atom. The van der Waals surface area contributed by atoms with E-state index in [1.165, 1.54) is 14.2 Å². The van der Waals surface area contributed by atoms with E-state index in [4.69, 9.17) is 14.2 Å². The van der Waals surface area contributed by atoms with Crippen molar-refractivity contribution in [2.75, 3.05) is 14.2 Å². The number of amides is 1. The van der Waals surface area contributed by atoms with Gasteiger partial charge >= 0.3 is 18.0 Å². The molecular formula is C28H29NO6. The van der Waals surface area contributed by atoms with Gasteiger partial charge in [0.15, 0.2) is 11.5 Å². The van der Waals surface area contributed by atoms with E-state index < -0.39 is 41.6 Å². The molecule has 2 aliphatic carbocycles. The molecule has 0 spiro atoms. The zero-order chi connectivity index (χ0) is 24.6. The quantitative estimate of drug-likeness (QED) is 0.272. The van der Waals surface area contributed by atoms with Gasteiger partial charge in [0.2, 0.25) is 0 Å². The molecule has 5 atom stereocenters. The third kappa shape index (κ3) is 3.52. The van der Waals surface area contributed by atoms with Gasteiger partial charge in [0.1, 0.15) is 6.04 Å². The lowest BCUT2D eigenvalue weighted by Gasteiger charge is -2.40. The van der Waals surface area contributed by atoms with Crippen LogP contribution in [0.4, 0.5) is 4.79 Å². The Hall–Kier alpha value is -3.61. The predicted molar refractivity (Wildman–Crippen MR) is 127 cm³/mol. The molecule has 0 bridgehead atoms. The number of methoxy groups -OCH3 is 2. The molecule has 1 aliphatic heterocycles. The molecule has 0 N–H and O–H groups in total. The molecule has 1 heterocycles. The smallest absolute Gasteiger partial charge is 0.411 e. The Morgan fingerprint density at radius 2 is 1.54 bits per heavy atom. The van der Waals surface area contributed by atoms with Gasteiger partial charge in [0, 0.05) is 0 Å². The number of benzene rings is 2. The summed E-state index contributed by atoms with van der Waals surface area (Å²) in [5.41, 5.74) is 0.0619. The van der Waals surface area contributed by atoms with E-state index in [9.17, 15) is 14.4 Å². The van der Waals surface area contributed by atoms with Crippen molar-refractivity contribution in [1.29, 1.82) is 0 Å². The van der Waals surface area contributed by atoms with E-state index in [1.54, 1.807) is 4.90 Å². The van der Waals surface area contributed by atoms with Crippen LogP contribution in [0.5, 0.6) is 0 Å². The molecule has 0 aromatic heterocycles. The minimum Gasteiger partial charge on any atom is -0.468 e. The van der Waals surface area contributed by atoms with Gasteiger partial charge in [0.05, 0.1) is 20.3 Å². The highest BCUT2D eigenvalue weighted by atomic mass is 16.6. The number of allylic oxidation sites excluding steroid dienone is 2. The van der Waals surface area contributed by atoms with Crippen molar-refractivity contribution >= 4 is 18.0 Å². The highest BCUT2D eigenvalue weighted by Gasteiger charge is 2.69. The topological polar surface area (TPSA) is 82.1 Å². The average molecular weight is 476 g/mol. The van der Waals surface area contributed by atoms with Gasteiger partial charge in [0.25, 0.3) is 0 Å². The first-order chi connectivity index (χ1) is 17.0. The number of esters is 2. The van der Waals surface area contributed by atoms with Gasteiger partial charge in [-0.2, -0.15) is 0 Å². The van der Waals surface area contributed by atoms with Crippen molar-refractivity contribution in [3.63, 3.8) is 0 Å². The first kappa shape index (κ1) is 23.1. The summed E-state index contributed by atoms with van der Waals surface area (Å²) in [6.45, 7) is 0. The van der Waals surface area contributed by atoms with Gasteiger partial charge < -0.3 is 14.2 Å². The lowest BCUT2D eigenvalue weighted by molar-refractivity contribution is -0.177. The highest BCUT2D eigenvalue weighted by Crippen LogP contribution is 2.58. The lowest BCUT2D eigenvalue weighted by Crippen LogP contribution is -2.58. The summed E-state index contributed by atoms with van der Waals surface area (Å²) in [7, 11) is 2.56.